The zero-order chi connectivity index (χ0) is 15.0. The Kier molecular flexibility index (Phi) is 3.44. The maximum atomic E-state index is 12.4. The van der Waals surface area contributed by atoms with Gasteiger partial charge in [-0.1, -0.05) is 0 Å². The maximum absolute atomic E-state index is 12.4. The second-order valence-electron chi connectivity index (χ2n) is 5.89. The minimum absolute atomic E-state index is 0.0395. The highest BCUT2D eigenvalue weighted by Gasteiger charge is 2.58. The number of amides is 1. The van der Waals surface area contributed by atoms with Gasteiger partial charge in [-0.15, -0.1) is 0 Å². The lowest BCUT2D eigenvalue weighted by atomic mass is 9.93. The van der Waals surface area contributed by atoms with E-state index in [-0.39, 0.29) is 17.2 Å². The Hall–Kier alpha value is -1.89. The van der Waals surface area contributed by atoms with Crippen molar-refractivity contribution in [2.24, 2.45) is 18.4 Å². The normalized spacial score (nSPS) is 24.5. The van der Waals surface area contributed by atoms with Crippen molar-refractivity contribution < 1.29 is 19.4 Å². The number of aryl methyl sites for hydroxylation is 1. The van der Waals surface area contributed by atoms with Crippen molar-refractivity contribution in [3.63, 3.8) is 0 Å². The summed E-state index contributed by atoms with van der Waals surface area (Å²) in [7, 11) is 1.66. The van der Waals surface area contributed by atoms with Crippen LogP contribution in [-0.2, 0) is 21.4 Å². The first-order chi connectivity index (χ1) is 10.0. The predicted molar refractivity (Wildman–Crippen MR) is 72.3 cm³/mol. The van der Waals surface area contributed by atoms with Gasteiger partial charge < -0.3 is 15.2 Å². The number of carboxylic acids is 1. The Morgan fingerprint density at radius 3 is 2.81 bits per heavy atom. The van der Waals surface area contributed by atoms with Crippen molar-refractivity contribution in [2.45, 2.75) is 25.3 Å². The fourth-order valence-electron chi connectivity index (χ4n) is 3.22. The molecule has 3 rings (SSSR count). The van der Waals surface area contributed by atoms with E-state index in [9.17, 15) is 14.7 Å². The van der Waals surface area contributed by atoms with Crippen molar-refractivity contribution >= 4 is 11.9 Å². The van der Waals surface area contributed by atoms with E-state index in [2.05, 4.69) is 10.4 Å². The highest BCUT2D eigenvalue weighted by Crippen LogP contribution is 2.59. The number of hydrogen-bond donors (Lipinski definition) is 2. The summed E-state index contributed by atoms with van der Waals surface area (Å²) in [6, 6.07) is 0.554. The lowest BCUT2D eigenvalue weighted by Gasteiger charge is -2.23. The summed E-state index contributed by atoms with van der Waals surface area (Å²) in [5, 5.41) is 16.0. The molecular formula is C14H19N3O4. The number of aromatic nitrogens is 2. The molecule has 2 heterocycles. The van der Waals surface area contributed by atoms with Crippen LogP contribution in [0.1, 0.15) is 31.0 Å². The Morgan fingerprint density at radius 1 is 1.52 bits per heavy atom. The van der Waals surface area contributed by atoms with Crippen LogP contribution >= 0.6 is 0 Å². The largest absolute Gasteiger partial charge is 0.479 e. The molecule has 114 valence electrons. The molecule has 0 aromatic carbocycles. The molecule has 2 atom stereocenters. The van der Waals surface area contributed by atoms with Crippen LogP contribution < -0.4 is 5.32 Å². The lowest BCUT2D eigenvalue weighted by Crippen LogP contribution is -2.37. The number of carbonyl (C=O) groups is 2. The molecule has 1 aliphatic carbocycles. The minimum Gasteiger partial charge on any atom is -0.479 e. The molecule has 2 unspecified atom stereocenters. The van der Waals surface area contributed by atoms with E-state index < -0.39 is 12.0 Å². The fraction of sp³-hybridized carbons (Fsp3) is 0.643. The molecule has 7 heteroatoms. The average Bonchev–Trinajstić information content (AvgIpc) is 2.97. The summed E-state index contributed by atoms with van der Waals surface area (Å²) >= 11 is 0. The molecule has 1 aromatic heterocycles. The van der Waals surface area contributed by atoms with E-state index in [0.29, 0.717) is 18.9 Å². The summed E-state index contributed by atoms with van der Waals surface area (Å²) in [4.78, 5) is 23.8. The van der Waals surface area contributed by atoms with Gasteiger partial charge in [0.05, 0.1) is 5.69 Å². The molecule has 7 nitrogen and oxygen atoms in total. The van der Waals surface area contributed by atoms with Crippen LogP contribution in [0.2, 0.25) is 0 Å². The van der Waals surface area contributed by atoms with Crippen molar-refractivity contribution in [2.75, 3.05) is 13.2 Å². The molecule has 2 fully saturated rings. The van der Waals surface area contributed by atoms with Gasteiger partial charge in [0.15, 0.2) is 6.04 Å². The highest BCUT2D eigenvalue weighted by molar-refractivity contribution is 5.87. The third-order valence-corrected chi connectivity index (χ3v) is 4.68. The van der Waals surface area contributed by atoms with Gasteiger partial charge in [0.25, 0.3) is 0 Å². The zero-order valence-electron chi connectivity index (χ0n) is 11.9. The molecule has 1 amide bonds. The number of carboxylic acid groups (broad SMARTS) is 1. The number of rotatable bonds is 4. The first-order valence-electron chi connectivity index (χ1n) is 7.12. The van der Waals surface area contributed by atoms with Gasteiger partial charge in [0, 0.05) is 32.4 Å². The average molecular weight is 293 g/mol. The van der Waals surface area contributed by atoms with E-state index >= 15 is 0 Å². The minimum atomic E-state index is -1.08. The molecular weight excluding hydrogens is 274 g/mol. The smallest absolute Gasteiger partial charge is 0.332 e. The standard InChI is InChI=1S/C14H19N3O4/c1-17-10(2-5-15-17)11(13(19)20)16-12(18)9-8-14(9)3-6-21-7-4-14/h2,5,9,11H,3-4,6-8H2,1H3,(H,16,18)(H,19,20). The number of aliphatic carboxylic acids is 1. The van der Waals surface area contributed by atoms with Gasteiger partial charge in [0.2, 0.25) is 5.91 Å². The summed E-state index contributed by atoms with van der Waals surface area (Å²) < 4.78 is 6.80. The quantitative estimate of drug-likeness (QED) is 0.842. The second kappa shape index (κ2) is 5.14. The molecule has 21 heavy (non-hydrogen) atoms. The van der Waals surface area contributed by atoms with Gasteiger partial charge in [-0.2, -0.15) is 5.10 Å². The number of ether oxygens (including phenoxy) is 1. The molecule has 2 N–H and O–H groups in total. The van der Waals surface area contributed by atoms with Crippen LogP contribution in [-0.4, -0.2) is 40.0 Å². The molecule has 0 radical (unpaired) electrons. The van der Waals surface area contributed by atoms with Gasteiger partial charge in [0.1, 0.15) is 0 Å². The molecule has 1 saturated heterocycles. The third-order valence-electron chi connectivity index (χ3n) is 4.68. The number of carbonyl (C=O) groups excluding carboxylic acids is 1. The van der Waals surface area contributed by atoms with E-state index in [1.165, 1.54) is 10.9 Å². The summed E-state index contributed by atoms with van der Waals surface area (Å²) in [6.45, 7) is 1.38. The van der Waals surface area contributed by atoms with Crippen molar-refractivity contribution in [3.05, 3.63) is 18.0 Å². The first kappa shape index (κ1) is 14.1. The topological polar surface area (TPSA) is 93.5 Å². The van der Waals surface area contributed by atoms with Crippen LogP contribution in [0.4, 0.5) is 0 Å². The molecule has 1 aliphatic heterocycles. The number of nitrogens with zero attached hydrogens (tertiary/aromatic N) is 2. The van der Waals surface area contributed by atoms with E-state index in [1.807, 2.05) is 0 Å². The summed E-state index contributed by atoms with van der Waals surface area (Å²) in [6.07, 6.45) is 4.12. The lowest BCUT2D eigenvalue weighted by molar-refractivity contribution is -0.142. The molecule has 2 aliphatic rings. The number of nitrogens with one attached hydrogen (secondary N) is 1. The van der Waals surface area contributed by atoms with E-state index in [1.54, 1.807) is 13.1 Å². The van der Waals surface area contributed by atoms with Crippen LogP contribution in [0.25, 0.3) is 0 Å². The van der Waals surface area contributed by atoms with Gasteiger partial charge >= 0.3 is 5.97 Å². The van der Waals surface area contributed by atoms with E-state index in [4.69, 9.17) is 4.74 Å². The maximum Gasteiger partial charge on any atom is 0.332 e. The Balaban J connectivity index is 1.68. The van der Waals surface area contributed by atoms with Crippen LogP contribution in [0, 0.1) is 11.3 Å². The van der Waals surface area contributed by atoms with Crippen LogP contribution in [0.5, 0.6) is 0 Å². The summed E-state index contributed by atoms with van der Waals surface area (Å²) in [5.74, 6) is -1.34. The monoisotopic (exact) mass is 293 g/mol. The number of hydrogen-bond acceptors (Lipinski definition) is 4. The zero-order valence-corrected chi connectivity index (χ0v) is 11.9. The Labute approximate surface area is 122 Å². The van der Waals surface area contributed by atoms with Crippen molar-refractivity contribution in [1.82, 2.24) is 15.1 Å². The molecule has 1 spiro atoms. The Morgan fingerprint density at radius 2 is 2.24 bits per heavy atom. The molecule has 1 aromatic rings. The predicted octanol–water partition coefficient (Wildman–Crippen LogP) is 0.479. The van der Waals surface area contributed by atoms with Gasteiger partial charge in [-0.3, -0.25) is 9.48 Å². The highest BCUT2D eigenvalue weighted by atomic mass is 16.5. The Bertz CT molecular complexity index is 562. The first-order valence-corrected chi connectivity index (χ1v) is 7.12. The van der Waals surface area contributed by atoms with Gasteiger partial charge in [-0.25, -0.2) is 4.79 Å². The fourth-order valence-corrected chi connectivity index (χ4v) is 3.22. The van der Waals surface area contributed by atoms with E-state index in [0.717, 1.165) is 19.3 Å². The van der Waals surface area contributed by atoms with Crippen molar-refractivity contribution in [3.8, 4) is 0 Å². The van der Waals surface area contributed by atoms with Crippen LogP contribution in [0.15, 0.2) is 12.3 Å². The molecule has 0 bridgehead atoms. The third kappa shape index (κ3) is 2.53. The summed E-state index contributed by atoms with van der Waals surface area (Å²) in [5.41, 5.74) is 0.509. The van der Waals surface area contributed by atoms with Crippen LogP contribution in [0.3, 0.4) is 0 Å². The van der Waals surface area contributed by atoms with Gasteiger partial charge in [-0.05, 0) is 30.7 Å². The molecule has 1 saturated carbocycles. The SMILES string of the molecule is Cn1nccc1C(NC(=O)C1CC12CCOCC2)C(=O)O. The second-order valence-corrected chi connectivity index (χ2v) is 5.89. The van der Waals surface area contributed by atoms with Crippen molar-refractivity contribution in [1.29, 1.82) is 0 Å².